The van der Waals surface area contributed by atoms with Crippen LogP contribution < -0.4 is 19.3 Å². The SMILES string of the molecule is C=CCN(C(=O)C1N([C@H](CO)c2ccccc2)C(=O)[C@@H]2[C@@H](C(=O)N(CC=C)c3ccc(OCC)cc3)[C@@H]3SC12CC3Br)c1ccc(OC)cc1. The highest BCUT2D eigenvalue weighted by atomic mass is 79.9. The molecule has 1 spiro atoms. The molecular formula is C39H42BrN3O6S. The van der Waals surface area contributed by atoms with Crippen LogP contribution in [-0.2, 0) is 14.4 Å². The molecule has 50 heavy (non-hydrogen) atoms. The smallest absolute Gasteiger partial charge is 0.251 e. The third-order valence-corrected chi connectivity index (χ3v) is 13.2. The number of hydrogen-bond donors (Lipinski definition) is 1. The van der Waals surface area contributed by atoms with Gasteiger partial charge in [-0.2, -0.15) is 0 Å². The van der Waals surface area contributed by atoms with Gasteiger partial charge in [-0.05, 0) is 67.4 Å². The zero-order chi connectivity index (χ0) is 35.6. The molecular weight excluding hydrogens is 718 g/mol. The molecule has 0 saturated carbocycles. The topological polar surface area (TPSA) is 99.6 Å². The molecule has 0 radical (unpaired) electrons. The van der Waals surface area contributed by atoms with E-state index in [1.54, 1.807) is 70.0 Å². The molecule has 3 amide bonds. The number of anilines is 2. The Bertz CT molecular complexity index is 1720. The number of amides is 3. The van der Waals surface area contributed by atoms with E-state index in [0.717, 1.165) is 0 Å². The van der Waals surface area contributed by atoms with Crippen LogP contribution in [-0.4, -0.2) is 82.0 Å². The van der Waals surface area contributed by atoms with E-state index < -0.39 is 35.3 Å². The second-order valence-electron chi connectivity index (χ2n) is 12.6. The first kappa shape index (κ1) is 35.8. The molecule has 262 valence electrons. The first-order valence-corrected chi connectivity index (χ1v) is 18.5. The van der Waals surface area contributed by atoms with Crippen LogP contribution in [0.1, 0.15) is 24.9 Å². The lowest BCUT2D eigenvalue weighted by Crippen LogP contribution is -2.56. The molecule has 6 rings (SSSR count). The number of thioether (sulfide) groups is 1. The van der Waals surface area contributed by atoms with Crippen molar-refractivity contribution in [3.05, 3.63) is 110 Å². The van der Waals surface area contributed by atoms with Gasteiger partial charge in [0.05, 0.1) is 42.9 Å². The Labute approximate surface area is 306 Å². The average Bonchev–Trinajstić information content (AvgIpc) is 3.74. The maximum absolute atomic E-state index is 15.2. The standard InChI is InChI=1S/C39H42BrN3O6S/c1-5-21-41(26-15-19-29(20-16-26)49-7-3)36(45)32-33-37(46)43(31(24-44)25-11-9-8-10-12-25)35(39(33)23-30(40)34(32)50-39)38(47)42(22-6-2)27-13-17-28(48-4)18-14-27/h5-6,8-20,30-35,44H,1-2,7,21-24H2,3-4H3/t30?,31-,32-,33+,34-,35?,39?/m1/s1. The number of methoxy groups -OCH3 is 1. The number of carbonyl (C=O) groups excluding carboxylic acids is 3. The van der Waals surface area contributed by atoms with E-state index in [1.165, 1.54) is 0 Å². The van der Waals surface area contributed by atoms with Gasteiger partial charge in [0.15, 0.2) is 0 Å². The van der Waals surface area contributed by atoms with Gasteiger partial charge in [-0.1, -0.05) is 58.4 Å². The Morgan fingerprint density at radius 2 is 1.56 bits per heavy atom. The highest BCUT2D eigenvalue weighted by molar-refractivity contribution is 9.09. The van der Waals surface area contributed by atoms with Crippen molar-refractivity contribution in [2.45, 2.75) is 40.3 Å². The average molecular weight is 761 g/mol. The van der Waals surface area contributed by atoms with Gasteiger partial charge in [-0.15, -0.1) is 24.9 Å². The lowest BCUT2D eigenvalue weighted by molar-refractivity contribution is -0.142. The lowest BCUT2D eigenvalue weighted by atomic mass is 9.70. The predicted molar refractivity (Wildman–Crippen MR) is 201 cm³/mol. The Morgan fingerprint density at radius 1 is 0.980 bits per heavy atom. The second-order valence-corrected chi connectivity index (χ2v) is 15.3. The summed E-state index contributed by atoms with van der Waals surface area (Å²) in [4.78, 5) is 49.8. The van der Waals surface area contributed by atoms with Crippen molar-refractivity contribution < 1.29 is 29.0 Å². The van der Waals surface area contributed by atoms with Crippen LogP contribution in [0.15, 0.2) is 104 Å². The second kappa shape index (κ2) is 15.0. The van der Waals surface area contributed by atoms with E-state index in [1.807, 2.05) is 61.5 Å². The van der Waals surface area contributed by atoms with Crippen LogP contribution in [0, 0.1) is 11.8 Å². The summed E-state index contributed by atoms with van der Waals surface area (Å²) in [6.45, 7) is 10.3. The van der Waals surface area contributed by atoms with Gasteiger partial charge in [0.2, 0.25) is 11.8 Å². The molecule has 0 aliphatic carbocycles. The van der Waals surface area contributed by atoms with Crippen molar-refractivity contribution in [1.82, 2.24) is 4.90 Å². The summed E-state index contributed by atoms with van der Waals surface area (Å²) in [6, 6.07) is 22.0. The molecule has 3 saturated heterocycles. The molecule has 3 aliphatic rings. The van der Waals surface area contributed by atoms with Crippen LogP contribution in [0.5, 0.6) is 11.5 Å². The number of ether oxygens (including phenoxy) is 2. The molecule has 1 N–H and O–H groups in total. The Morgan fingerprint density at radius 3 is 2.10 bits per heavy atom. The Hall–Kier alpha value is -4.06. The highest BCUT2D eigenvalue weighted by Gasteiger charge is 2.76. The van der Waals surface area contributed by atoms with Crippen LogP contribution in [0.3, 0.4) is 0 Å². The largest absolute Gasteiger partial charge is 0.497 e. The van der Waals surface area contributed by atoms with Crippen molar-refractivity contribution in [2.24, 2.45) is 11.8 Å². The number of alkyl halides is 1. The molecule has 3 unspecified atom stereocenters. The number of benzene rings is 3. The van der Waals surface area contributed by atoms with Gasteiger partial charge >= 0.3 is 0 Å². The number of rotatable bonds is 14. The molecule has 3 fully saturated rings. The summed E-state index contributed by atoms with van der Waals surface area (Å²) in [5.74, 6) is -1.01. The van der Waals surface area contributed by atoms with Crippen molar-refractivity contribution in [3.63, 3.8) is 0 Å². The fourth-order valence-corrected chi connectivity index (χ4v) is 11.5. The van der Waals surface area contributed by atoms with E-state index in [4.69, 9.17) is 9.47 Å². The van der Waals surface area contributed by atoms with Crippen LogP contribution in [0.4, 0.5) is 11.4 Å². The van der Waals surface area contributed by atoms with Gasteiger partial charge < -0.3 is 29.3 Å². The van der Waals surface area contributed by atoms with E-state index in [0.29, 0.717) is 41.5 Å². The molecule has 3 aromatic rings. The monoisotopic (exact) mass is 759 g/mol. The Kier molecular flexibility index (Phi) is 10.8. The zero-order valence-electron chi connectivity index (χ0n) is 28.2. The predicted octanol–water partition coefficient (Wildman–Crippen LogP) is 6.03. The third-order valence-electron chi connectivity index (χ3n) is 9.94. The quantitative estimate of drug-likeness (QED) is 0.158. The minimum absolute atomic E-state index is 0.134. The maximum atomic E-state index is 15.2. The molecule has 11 heteroatoms. The zero-order valence-corrected chi connectivity index (χ0v) is 30.6. The first-order chi connectivity index (χ1) is 24.2. The molecule has 3 aromatic carbocycles. The summed E-state index contributed by atoms with van der Waals surface area (Å²) >= 11 is 5.45. The summed E-state index contributed by atoms with van der Waals surface area (Å²) in [7, 11) is 1.58. The normalized spacial score (nSPS) is 25.5. The molecule has 7 atom stereocenters. The Balaban J connectivity index is 1.46. The summed E-state index contributed by atoms with van der Waals surface area (Å²) in [5, 5.41) is 10.7. The van der Waals surface area contributed by atoms with Crippen molar-refractivity contribution in [1.29, 1.82) is 0 Å². The molecule has 3 aliphatic heterocycles. The van der Waals surface area contributed by atoms with Gasteiger partial charge in [0.25, 0.3) is 5.91 Å². The summed E-state index contributed by atoms with van der Waals surface area (Å²) < 4.78 is 10.0. The van der Waals surface area contributed by atoms with E-state index in [-0.39, 0.29) is 40.9 Å². The first-order valence-electron chi connectivity index (χ1n) is 16.8. The number of aliphatic hydroxyl groups excluding tert-OH is 1. The van der Waals surface area contributed by atoms with E-state index in [9.17, 15) is 9.90 Å². The number of halogens is 1. The van der Waals surface area contributed by atoms with Gasteiger partial charge in [0, 0.05) is 34.5 Å². The molecule has 2 bridgehead atoms. The van der Waals surface area contributed by atoms with Crippen LogP contribution >= 0.6 is 27.7 Å². The maximum Gasteiger partial charge on any atom is 0.251 e. The van der Waals surface area contributed by atoms with E-state index >= 15 is 9.59 Å². The summed E-state index contributed by atoms with van der Waals surface area (Å²) in [5.41, 5.74) is 1.99. The molecule has 9 nitrogen and oxygen atoms in total. The van der Waals surface area contributed by atoms with Crippen molar-refractivity contribution >= 4 is 56.8 Å². The number of aliphatic hydroxyl groups is 1. The van der Waals surface area contributed by atoms with Crippen molar-refractivity contribution in [3.8, 4) is 11.5 Å². The number of hydrogen-bond acceptors (Lipinski definition) is 7. The number of fused-ring (bicyclic) bond motifs is 1. The lowest BCUT2D eigenvalue weighted by Gasteiger charge is -2.40. The summed E-state index contributed by atoms with van der Waals surface area (Å²) in [6.07, 6.45) is 3.82. The minimum atomic E-state index is -0.981. The van der Waals surface area contributed by atoms with Crippen LogP contribution in [0.25, 0.3) is 0 Å². The molecule has 3 heterocycles. The molecule has 0 aromatic heterocycles. The highest BCUT2D eigenvalue weighted by Crippen LogP contribution is 2.69. The van der Waals surface area contributed by atoms with Crippen molar-refractivity contribution in [2.75, 3.05) is 43.2 Å². The number of nitrogens with zero attached hydrogens (tertiary/aromatic N) is 3. The van der Waals surface area contributed by atoms with Gasteiger partial charge in [0.1, 0.15) is 17.5 Å². The van der Waals surface area contributed by atoms with E-state index in [2.05, 4.69) is 29.1 Å². The van der Waals surface area contributed by atoms with Gasteiger partial charge in [-0.25, -0.2) is 0 Å². The fourth-order valence-electron chi connectivity index (χ4n) is 7.88. The minimum Gasteiger partial charge on any atom is -0.497 e. The van der Waals surface area contributed by atoms with Gasteiger partial charge in [-0.3, -0.25) is 14.4 Å². The third kappa shape index (κ3) is 6.13. The van der Waals surface area contributed by atoms with Crippen LogP contribution in [0.2, 0.25) is 0 Å². The number of carbonyl (C=O) groups is 3. The fraction of sp³-hybridized carbons (Fsp3) is 0.359. The number of likely N-dealkylation sites (tertiary alicyclic amines) is 1.